The molecule has 0 unspecified atom stereocenters. The molecule has 2 aromatic carbocycles. The number of rotatable bonds is 5. The molecule has 0 amide bonds. The fourth-order valence-electron chi connectivity index (χ4n) is 1.97. The van der Waals surface area contributed by atoms with Gasteiger partial charge in [0.25, 0.3) is 0 Å². The first kappa shape index (κ1) is 20.1. The first-order chi connectivity index (χ1) is 12.2. The van der Waals surface area contributed by atoms with Crippen LogP contribution >= 0.6 is 23.5 Å². The second-order valence-corrected chi connectivity index (χ2v) is 7.29. The molecule has 0 aliphatic heterocycles. The highest BCUT2D eigenvalue weighted by atomic mass is 32.2. The van der Waals surface area contributed by atoms with Crippen molar-refractivity contribution in [1.82, 2.24) is 0 Å². The van der Waals surface area contributed by atoms with Gasteiger partial charge in [-0.25, -0.2) is 13.2 Å². The van der Waals surface area contributed by atoms with Gasteiger partial charge < -0.3 is 0 Å². The zero-order valence-electron chi connectivity index (χ0n) is 13.6. The van der Waals surface area contributed by atoms with Crippen LogP contribution in [0.15, 0.2) is 64.9 Å². The molecule has 0 aliphatic carbocycles. The summed E-state index contributed by atoms with van der Waals surface area (Å²) < 4.78 is 42.8. The van der Waals surface area contributed by atoms with Crippen LogP contribution in [-0.2, 0) is 9.59 Å². The van der Waals surface area contributed by atoms with Gasteiger partial charge in [0, 0.05) is 4.90 Å². The molecule has 0 bridgehead atoms. The lowest BCUT2D eigenvalue weighted by Gasteiger charge is -2.09. The summed E-state index contributed by atoms with van der Waals surface area (Å²) in [6.45, 7) is 8.27. The lowest BCUT2D eigenvalue weighted by Crippen LogP contribution is -1.96. The molecule has 134 valence electrons. The van der Waals surface area contributed by atoms with E-state index in [0.29, 0.717) is 23.5 Å². The van der Waals surface area contributed by atoms with Gasteiger partial charge in [0.15, 0.2) is 0 Å². The zero-order valence-corrected chi connectivity index (χ0v) is 15.3. The predicted molar refractivity (Wildman–Crippen MR) is 98.5 cm³/mol. The molecule has 0 radical (unpaired) electrons. The first-order valence-corrected chi connectivity index (χ1v) is 8.87. The summed E-state index contributed by atoms with van der Waals surface area (Å²) in [4.78, 5) is 23.0. The third kappa shape index (κ3) is 4.68. The van der Waals surface area contributed by atoms with Crippen LogP contribution in [0.1, 0.15) is 6.92 Å². The van der Waals surface area contributed by atoms with Crippen molar-refractivity contribution in [3.8, 4) is 11.1 Å². The van der Waals surface area contributed by atoms with Gasteiger partial charge in [0.2, 0.25) is 10.2 Å². The molecule has 0 spiro atoms. The van der Waals surface area contributed by atoms with Gasteiger partial charge in [-0.3, -0.25) is 9.59 Å². The van der Waals surface area contributed by atoms with E-state index in [2.05, 4.69) is 13.2 Å². The Labute approximate surface area is 157 Å². The summed E-state index contributed by atoms with van der Waals surface area (Å²) in [5.41, 5.74) is -0.170. The van der Waals surface area contributed by atoms with E-state index in [9.17, 15) is 22.8 Å². The van der Waals surface area contributed by atoms with Crippen LogP contribution in [0.5, 0.6) is 0 Å². The third-order valence-corrected chi connectivity index (χ3v) is 5.10. The topological polar surface area (TPSA) is 34.1 Å². The monoisotopic (exact) mass is 394 g/mol. The molecule has 0 saturated heterocycles. The normalized spacial score (nSPS) is 10.5. The molecular weight excluding hydrogens is 381 g/mol. The maximum Gasteiger partial charge on any atom is 0.219 e. The maximum absolute atomic E-state index is 14.3. The summed E-state index contributed by atoms with van der Waals surface area (Å²) in [6.07, 6.45) is 1.03. The molecule has 7 heteroatoms. The third-order valence-electron chi connectivity index (χ3n) is 3.17. The van der Waals surface area contributed by atoms with Crippen molar-refractivity contribution in [3.63, 3.8) is 0 Å². The van der Waals surface area contributed by atoms with Gasteiger partial charge in [-0.2, -0.15) is 0 Å². The molecular formula is C19H13F3O2S2. The minimum atomic E-state index is -0.929. The highest BCUT2D eigenvalue weighted by Crippen LogP contribution is 2.34. The molecule has 0 aliphatic rings. The van der Waals surface area contributed by atoms with Crippen molar-refractivity contribution in [1.29, 1.82) is 0 Å². The number of thioether (sulfide) groups is 2. The summed E-state index contributed by atoms with van der Waals surface area (Å²) in [7, 11) is 0. The predicted octanol–water partition coefficient (Wildman–Crippen LogP) is 5.77. The van der Waals surface area contributed by atoms with Gasteiger partial charge in [0.05, 0.1) is 10.5 Å². The zero-order chi connectivity index (χ0) is 19.4. The minimum Gasteiger partial charge on any atom is -0.282 e. The minimum absolute atomic E-state index is 0.0174. The SMILES string of the molecule is C=CC(=O)Sc1cc(F)c(-c2ccc(SC(=O)C(=C)C)c(F)c2)c(F)c1. The molecule has 26 heavy (non-hydrogen) atoms. The Hall–Kier alpha value is -2.25. The summed E-state index contributed by atoms with van der Waals surface area (Å²) in [5.74, 6) is -2.63. The van der Waals surface area contributed by atoms with Crippen LogP contribution in [0.4, 0.5) is 13.2 Å². The van der Waals surface area contributed by atoms with E-state index in [1.807, 2.05) is 0 Å². The van der Waals surface area contributed by atoms with E-state index in [0.717, 1.165) is 24.3 Å². The van der Waals surface area contributed by atoms with Gasteiger partial charge in [0.1, 0.15) is 17.5 Å². The largest absolute Gasteiger partial charge is 0.282 e. The van der Waals surface area contributed by atoms with Crippen LogP contribution in [0.3, 0.4) is 0 Å². The molecule has 0 saturated carbocycles. The van der Waals surface area contributed by atoms with Crippen LogP contribution in [0.2, 0.25) is 0 Å². The van der Waals surface area contributed by atoms with Gasteiger partial charge in [-0.15, -0.1) is 0 Å². The quantitative estimate of drug-likeness (QED) is 0.476. The van der Waals surface area contributed by atoms with E-state index in [-0.39, 0.29) is 20.9 Å². The molecule has 2 nitrogen and oxygen atoms in total. The lowest BCUT2D eigenvalue weighted by atomic mass is 10.0. The Balaban J connectivity index is 2.38. The van der Waals surface area contributed by atoms with E-state index < -0.39 is 33.2 Å². The molecule has 2 rings (SSSR count). The van der Waals surface area contributed by atoms with Crippen molar-refractivity contribution in [2.24, 2.45) is 0 Å². The molecule has 0 atom stereocenters. The number of carbonyl (C=O) groups excluding carboxylic acids is 2. The highest BCUT2D eigenvalue weighted by Gasteiger charge is 2.17. The smallest absolute Gasteiger partial charge is 0.219 e. The van der Waals surface area contributed by atoms with E-state index in [4.69, 9.17) is 0 Å². The Morgan fingerprint density at radius 2 is 1.62 bits per heavy atom. The summed E-state index contributed by atoms with van der Waals surface area (Å²) in [5, 5.41) is -0.853. The lowest BCUT2D eigenvalue weighted by molar-refractivity contribution is -0.108. The molecule has 0 N–H and O–H groups in total. The summed E-state index contributed by atoms with van der Waals surface area (Å²) >= 11 is 1.28. The van der Waals surface area contributed by atoms with Crippen LogP contribution in [0.25, 0.3) is 11.1 Å². The van der Waals surface area contributed by atoms with Crippen LogP contribution < -0.4 is 0 Å². The van der Waals surface area contributed by atoms with Crippen molar-refractivity contribution >= 4 is 33.8 Å². The van der Waals surface area contributed by atoms with E-state index in [1.54, 1.807) is 0 Å². The van der Waals surface area contributed by atoms with Crippen molar-refractivity contribution < 1.29 is 22.8 Å². The standard InChI is InChI=1S/C19H13F3O2S2/c1-4-17(23)25-12-8-14(21)18(15(22)9-12)11-5-6-16(13(20)7-11)26-19(24)10(2)3/h4-9H,1-2H2,3H3. The van der Waals surface area contributed by atoms with Crippen molar-refractivity contribution in [3.05, 3.63) is 72.6 Å². The number of halogens is 3. The Morgan fingerprint density at radius 3 is 2.12 bits per heavy atom. The van der Waals surface area contributed by atoms with Gasteiger partial charge >= 0.3 is 0 Å². The van der Waals surface area contributed by atoms with Crippen molar-refractivity contribution in [2.45, 2.75) is 16.7 Å². The Morgan fingerprint density at radius 1 is 1.00 bits per heavy atom. The van der Waals surface area contributed by atoms with Gasteiger partial charge in [-0.1, -0.05) is 19.2 Å². The van der Waals surface area contributed by atoms with Crippen LogP contribution in [0, 0.1) is 17.5 Å². The first-order valence-electron chi connectivity index (χ1n) is 7.23. The Bertz CT molecular complexity index is 900. The Kier molecular flexibility index (Phi) is 6.50. The molecule has 0 fully saturated rings. The number of carbonyl (C=O) groups is 2. The van der Waals surface area contributed by atoms with E-state index in [1.165, 1.54) is 19.1 Å². The second-order valence-electron chi connectivity index (χ2n) is 5.20. The average Bonchev–Trinajstić information content (AvgIpc) is 2.56. The average molecular weight is 394 g/mol. The number of hydrogen-bond acceptors (Lipinski definition) is 4. The fraction of sp³-hybridized carbons (Fsp3) is 0.0526. The molecule has 2 aromatic rings. The van der Waals surface area contributed by atoms with E-state index >= 15 is 0 Å². The van der Waals surface area contributed by atoms with Crippen molar-refractivity contribution in [2.75, 3.05) is 0 Å². The number of benzene rings is 2. The second kappa shape index (κ2) is 8.42. The maximum atomic E-state index is 14.3. The highest BCUT2D eigenvalue weighted by molar-refractivity contribution is 8.14. The van der Waals surface area contributed by atoms with Gasteiger partial charge in [-0.05, 0) is 71.9 Å². The fourth-order valence-corrected chi connectivity index (χ4v) is 3.28. The van der Waals surface area contributed by atoms with Crippen LogP contribution in [-0.4, -0.2) is 10.2 Å². The summed E-state index contributed by atoms with van der Waals surface area (Å²) in [6, 6.07) is 5.54. The molecule has 0 heterocycles. The number of hydrogen-bond donors (Lipinski definition) is 0. The molecule has 0 aromatic heterocycles.